The number of hydrogen-bond acceptors (Lipinski definition) is 3. The van der Waals surface area contributed by atoms with Crippen molar-refractivity contribution in [1.82, 2.24) is 5.32 Å². The Hall–Kier alpha value is -1.69. The lowest BCUT2D eigenvalue weighted by molar-refractivity contribution is -0.118. The van der Waals surface area contributed by atoms with Crippen molar-refractivity contribution in [3.05, 3.63) is 24.3 Å². The Morgan fingerprint density at radius 3 is 2.95 bits per heavy atom. The molecule has 0 aromatic heterocycles. The van der Waals surface area contributed by atoms with Crippen LogP contribution in [0.2, 0.25) is 0 Å². The molecule has 1 heterocycles. The number of anilines is 1. The van der Waals surface area contributed by atoms with Gasteiger partial charge in [0.05, 0.1) is 6.04 Å². The van der Waals surface area contributed by atoms with Crippen molar-refractivity contribution in [2.45, 2.75) is 31.9 Å². The van der Waals surface area contributed by atoms with Crippen LogP contribution in [0.3, 0.4) is 0 Å². The summed E-state index contributed by atoms with van der Waals surface area (Å²) in [6.07, 6.45) is 2.88. The number of nitrogens with one attached hydrogen (secondary N) is 2. The van der Waals surface area contributed by atoms with Crippen LogP contribution < -0.4 is 15.4 Å². The predicted molar refractivity (Wildman–Crippen MR) is 67.3 cm³/mol. The predicted octanol–water partition coefficient (Wildman–Crippen LogP) is 2.37. The normalized spacial score (nSPS) is 19.2. The van der Waals surface area contributed by atoms with E-state index in [9.17, 15) is 13.6 Å². The van der Waals surface area contributed by atoms with Crippen molar-refractivity contribution in [3.63, 3.8) is 0 Å². The average Bonchev–Trinajstić information content (AvgIpc) is 2.39. The zero-order valence-electron chi connectivity index (χ0n) is 10.4. The molecule has 6 heteroatoms. The highest BCUT2D eigenvalue weighted by atomic mass is 19.3. The third-order valence-electron chi connectivity index (χ3n) is 2.95. The summed E-state index contributed by atoms with van der Waals surface area (Å²) in [6.45, 7) is -2.04. The highest BCUT2D eigenvalue weighted by molar-refractivity contribution is 5.95. The maximum absolute atomic E-state index is 12.1. The van der Waals surface area contributed by atoms with Crippen LogP contribution in [-0.4, -0.2) is 25.1 Å². The van der Waals surface area contributed by atoms with E-state index in [0.717, 1.165) is 25.8 Å². The minimum absolute atomic E-state index is 0.0319. The fourth-order valence-corrected chi connectivity index (χ4v) is 2.06. The SMILES string of the molecule is O=C(Nc1cccc(OC(F)F)c1)[C@H]1CCCCN1. The molecule has 0 bridgehead atoms. The van der Waals surface area contributed by atoms with E-state index in [1.807, 2.05) is 0 Å². The third kappa shape index (κ3) is 4.17. The second-order valence-corrected chi connectivity index (χ2v) is 4.40. The van der Waals surface area contributed by atoms with Gasteiger partial charge in [0.25, 0.3) is 0 Å². The molecule has 19 heavy (non-hydrogen) atoms. The Labute approximate surface area is 110 Å². The third-order valence-corrected chi connectivity index (χ3v) is 2.95. The van der Waals surface area contributed by atoms with Gasteiger partial charge in [-0.1, -0.05) is 12.5 Å². The van der Waals surface area contributed by atoms with Gasteiger partial charge in [-0.15, -0.1) is 0 Å². The Balaban J connectivity index is 1.96. The topological polar surface area (TPSA) is 50.4 Å². The van der Waals surface area contributed by atoms with Crippen LogP contribution in [0, 0.1) is 0 Å². The molecule has 1 aliphatic rings. The Morgan fingerprint density at radius 2 is 2.26 bits per heavy atom. The van der Waals surface area contributed by atoms with Crippen molar-refractivity contribution >= 4 is 11.6 Å². The van der Waals surface area contributed by atoms with Gasteiger partial charge in [0.2, 0.25) is 5.91 Å². The summed E-state index contributed by atoms with van der Waals surface area (Å²) >= 11 is 0. The van der Waals surface area contributed by atoms with E-state index in [0.29, 0.717) is 5.69 Å². The summed E-state index contributed by atoms with van der Waals surface area (Å²) in [5.41, 5.74) is 0.454. The summed E-state index contributed by atoms with van der Waals surface area (Å²) < 4.78 is 28.5. The van der Waals surface area contributed by atoms with E-state index in [4.69, 9.17) is 0 Å². The molecule has 2 rings (SSSR count). The molecular formula is C13H16F2N2O2. The standard InChI is InChI=1S/C13H16F2N2O2/c14-13(15)19-10-5-3-4-9(8-10)17-12(18)11-6-1-2-7-16-11/h3-5,8,11,13,16H,1-2,6-7H2,(H,17,18)/t11-/m1/s1. The number of alkyl halides is 2. The number of ether oxygens (including phenoxy) is 1. The van der Waals surface area contributed by atoms with Crippen LogP contribution in [0.5, 0.6) is 5.75 Å². The molecule has 1 atom stereocenters. The number of hydrogen-bond donors (Lipinski definition) is 2. The Kier molecular flexibility index (Phi) is 4.68. The van der Waals surface area contributed by atoms with Gasteiger partial charge in [0.1, 0.15) is 5.75 Å². The van der Waals surface area contributed by atoms with E-state index in [-0.39, 0.29) is 17.7 Å². The summed E-state index contributed by atoms with van der Waals surface area (Å²) in [7, 11) is 0. The van der Waals surface area contributed by atoms with Crippen molar-refractivity contribution in [2.24, 2.45) is 0 Å². The van der Waals surface area contributed by atoms with Crippen LogP contribution in [0.4, 0.5) is 14.5 Å². The van der Waals surface area contributed by atoms with Gasteiger partial charge in [-0.2, -0.15) is 8.78 Å². The van der Waals surface area contributed by atoms with Gasteiger partial charge in [-0.3, -0.25) is 4.79 Å². The number of carbonyl (C=O) groups excluding carboxylic acids is 1. The van der Waals surface area contributed by atoms with Gasteiger partial charge in [0.15, 0.2) is 0 Å². The number of benzene rings is 1. The Morgan fingerprint density at radius 1 is 1.42 bits per heavy atom. The summed E-state index contributed by atoms with van der Waals surface area (Å²) in [5.74, 6) is -0.113. The number of piperidine rings is 1. The number of rotatable bonds is 4. The second kappa shape index (κ2) is 6.47. The van der Waals surface area contributed by atoms with Gasteiger partial charge in [-0.25, -0.2) is 0 Å². The molecule has 1 saturated heterocycles. The lowest BCUT2D eigenvalue weighted by Gasteiger charge is -2.22. The lowest BCUT2D eigenvalue weighted by Crippen LogP contribution is -2.43. The molecule has 104 valence electrons. The van der Waals surface area contributed by atoms with Crippen molar-refractivity contribution in [3.8, 4) is 5.75 Å². The van der Waals surface area contributed by atoms with Crippen LogP contribution in [0.25, 0.3) is 0 Å². The minimum atomic E-state index is -2.87. The molecule has 2 N–H and O–H groups in total. The first kappa shape index (κ1) is 13.7. The van der Waals surface area contributed by atoms with E-state index < -0.39 is 6.61 Å². The first-order valence-corrected chi connectivity index (χ1v) is 6.24. The molecule has 1 aliphatic heterocycles. The Bertz CT molecular complexity index is 434. The van der Waals surface area contributed by atoms with E-state index >= 15 is 0 Å². The first-order valence-electron chi connectivity index (χ1n) is 6.24. The molecular weight excluding hydrogens is 254 g/mol. The maximum atomic E-state index is 12.1. The molecule has 0 saturated carbocycles. The van der Waals surface area contributed by atoms with Gasteiger partial charge in [-0.05, 0) is 31.5 Å². The van der Waals surface area contributed by atoms with E-state index in [2.05, 4.69) is 15.4 Å². The molecule has 1 aromatic carbocycles. The second-order valence-electron chi connectivity index (χ2n) is 4.40. The molecule has 1 fully saturated rings. The van der Waals surface area contributed by atoms with Crippen molar-refractivity contribution in [2.75, 3.05) is 11.9 Å². The molecule has 1 amide bonds. The summed E-state index contributed by atoms with van der Waals surface area (Å²) in [4.78, 5) is 11.9. The molecule has 0 radical (unpaired) electrons. The largest absolute Gasteiger partial charge is 0.435 e. The quantitative estimate of drug-likeness (QED) is 0.883. The number of halogens is 2. The van der Waals surface area contributed by atoms with Crippen LogP contribution in [-0.2, 0) is 4.79 Å². The summed E-state index contributed by atoms with van der Waals surface area (Å²) in [5, 5.41) is 5.82. The zero-order chi connectivity index (χ0) is 13.7. The number of amides is 1. The molecule has 4 nitrogen and oxygen atoms in total. The highest BCUT2D eigenvalue weighted by Gasteiger charge is 2.20. The van der Waals surface area contributed by atoms with Crippen LogP contribution in [0.1, 0.15) is 19.3 Å². The average molecular weight is 270 g/mol. The van der Waals surface area contributed by atoms with E-state index in [1.54, 1.807) is 12.1 Å². The number of carbonyl (C=O) groups is 1. The molecule has 0 aliphatic carbocycles. The van der Waals surface area contributed by atoms with E-state index in [1.165, 1.54) is 12.1 Å². The molecule has 0 unspecified atom stereocenters. The monoisotopic (exact) mass is 270 g/mol. The first-order chi connectivity index (χ1) is 9.15. The van der Waals surface area contributed by atoms with Gasteiger partial charge in [0, 0.05) is 11.8 Å². The summed E-state index contributed by atoms with van der Waals surface area (Å²) in [6, 6.07) is 5.78. The van der Waals surface area contributed by atoms with Crippen LogP contribution in [0.15, 0.2) is 24.3 Å². The fraction of sp³-hybridized carbons (Fsp3) is 0.462. The highest BCUT2D eigenvalue weighted by Crippen LogP contribution is 2.20. The van der Waals surface area contributed by atoms with Gasteiger partial charge < -0.3 is 15.4 Å². The van der Waals surface area contributed by atoms with Crippen LogP contribution >= 0.6 is 0 Å². The fourth-order valence-electron chi connectivity index (χ4n) is 2.06. The minimum Gasteiger partial charge on any atom is -0.435 e. The van der Waals surface area contributed by atoms with Crippen molar-refractivity contribution in [1.29, 1.82) is 0 Å². The smallest absolute Gasteiger partial charge is 0.387 e. The lowest BCUT2D eigenvalue weighted by atomic mass is 10.0. The zero-order valence-corrected chi connectivity index (χ0v) is 10.4. The maximum Gasteiger partial charge on any atom is 0.387 e. The molecule has 1 aromatic rings. The van der Waals surface area contributed by atoms with Crippen molar-refractivity contribution < 1.29 is 18.3 Å². The molecule has 0 spiro atoms. The van der Waals surface area contributed by atoms with Gasteiger partial charge >= 0.3 is 6.61 Å².